The lowest BCUT2D eigenvalue weighted by Crippen LogP contribution is -2.52. The summed E-state index contributed by atoms with van der Waals surface area (Å²) in [6.07, 6.45) is 4.46. The maximum absolute atomic E-state index is 12.3. The smallest absolute Gasteiger partial charge is 0.289 e. The summed E-state index contributed by atoms with van der Waals surface area (Å²) in [6.45, 7) is 4.11. The molecular weight excluding hydrogens is 282 g/mol. The Hall–Kier alpha value is -2.47. The predicted octanol–water partition coefficient (Wildman–Crippen LogP) is 1.60. The minimum absolute atomic E-state index is 0.373. The maximum Gasteiger partial charge on any atom is 0.341 e. The van der Waals surface area contributed by atoms with Crippen molar-refractivity contribution < 1.29 is 14.4 Å². The quantitative estimate of drug-likeness (QED) is 0.613. The third kappa shape index (κ3) is 5.14. The fraction of sp³-hybridized carbons (Fsp3) is 0.312. The molecule has 0 atom stereocenters. The zero-order chi connectivity index (χ0) is 16.4. The lowest BCUT2D eigenvalue weighted by molar-refractivity contribution is -0.123. The average molecular weight is 302 g/mol. The Labute approximate surface area is 130 Å². The highest BCUT2D eigenvalue weighted by atomic mass is 16.2. The van der Waals surface area contributed by atoms with E-state index in [1.165, 1.54) is 11.1 Å². The summed E-state index contributed by atoms with van der Waals surface area (Å²) in [7, 11) is 0. The van der Waals surface area contributed by atoms with Gasteiger partial charge >= 0.3 is 6.03 Å². The molecule has 1 aromatic rings. The summed E-state index contributed by atoms with van der Waals surface area (Å²) >= 11 is 0. The lowest BCUT2D eigenvalue weighted by atomic mass is 10.2. The molecule has 0 fully saturated rings. The van der Waals surface area contributed by atoms with Crippen LogP contribution in [0.5, 0.6) is 0 Å². The number of amides is 3. The minimum Gasteiger partial charge on any atom is -0.289 e. The Morgan fingerprint density at radius 1 is 1.23 bits per heavy atom. The molecule has 3 amide bonds. The molecule has 0 aliphatic carbocycles. The van der Waals surface area contributed by atoms with Crippen LogP contribution in [-0.4, -0.2) is 47.8 Å². The number of imide groups is 1. The standard InChI is InChI=1S/C16H20N3O3/c1-3-17-19(4-2)16(22)18(12-13-20)15(21)11-10-14-8-6-5-7-9-14/h5-11,17H,3-4,12H2,1-2H3/b11-10+. The number of carbonyl (C=O) groups excluding carboxylic acids is 3. The van der Waals surface area contributed by atoms with E-state index in [4.69, 9.17) is 0 Å². The molecular formula is C16H20N3O3. The molecule has 1 N–H and O–H groups in total. The van der Waals surface area contributed by atoms with Crippen LogP contribution in [0.25, 0.3) is 6.08 Å². The van der Waals surface area contributed by atoms with Gasteiger partial charge in [-0.25, -0.2) is 10.2 Å². The second kappa shape index (κ2) is 9.46. The molecule has 1 aromatic carbocycles. The average Bonchev–Trinajstić information content (AvgIpc) is 2.55. The van der Waals surface area contributed by atoms with Crippen molar-refractivity contribution in [2.45, 2.75) is 13.8 Å². The number of carbonyl (C=O) groups is 2. The highest BCUT2D eigenvalue weighted by Crippen LogP contribution is 2.04. The number of nitrogens with zero attached hydrogens (tertiary/aromatic N) is 2. The van der Waals surface area contributed by atoms with Gasteiger partial charge in [-0.15, -0.1) is 0 Å². The van der Waals surface area contributed by atoms with E-state index in [2.05, 4.69) is 5.43 Å². The molecule has 22 heavy (non-hydrogen) atoms. The van der Waals surface area contributed by atoms with Gasteiger partial charge in [0.05, 0.1) is 6.54 Å². The Bertz CT molecular complexity index is 529. The van der Waals surface area contributed by atoms with Gasteiger partial charge in [0, 0.05) is 19.2 Å². The van der Waals surface area contributed by atoms with Gasteiger partial charge in [0.15, 0.2) is 0 Å². The summed E-state index contributed by atoms with van der Waals surface area (Å²) in [6, 6.07) is 8.64. The lowest BCUT2D eigenvalue weighted by Gasteiger charge is -2.26. The molecule has 6 nitrogen and oxygen atoms in total. The monoisotopic (exact) mass is 302 g/mol. The third-order valence-electron chi connectivity index (χ3n) is 2.83. The van der Waals surface area contributed by atoms with Crippen LogP contribution in [-0.2, 0) is 9.59 Å². The molecule has 117 valence electrons. The number of hydrogen-bond acceptors (Lipinski definition) is 4. The number of nitrogens with one attached hydrogen (secondary N) is 1. The zero-order valence-corrected chi connectivity index (χ0v) is 12.8. The van der Waals surface area contributed by atoms with Crippen LogP contribution >= 0.6 is 0 Å². The van der Waals surface area contributed by atoms with E-state index < -0.39 is 18.5 Å². The van der Waals surface area contributed by atoms with Gasteiger partial charge in [-0.3, -0.25) is 19.5 Å². The Kier molecular flexibility index (Phi) is 7.56. The topological polar surface area (TPSA) is 69.7 Å². The molecule has 1 rings (SSSR count). The van der Waals surface area contributed by atoms with Gasteiger partial charge in [-0.1, -0.05) is 37.3 Å². The fourth-order valence-corrected chi connectivity index (χ4v) is 1.78. The van der Waals surface area contributed by atoms with E-state index in [1.54, 1.807) is 19.3 Å². The number of benzene rings is 1. The summed E-state index contributed by atoms with van der Waals surface area (Å²) in [5.41, 5.74) is 3.67. The van der Waals surface area contributed by atoms with Crippen LogP contribution in [0.1, 0.15) is 19.4 Å². The van der Waals surface area contributed by atoms with Crippen LogP contribution in [0.15, 0.2) is 36.4 Å². The number of rotatable bonds is 7. The molecule has 0 heterocycles. The van der Waals surface area contributed by atoms with E-state index >= 15 is 0 Å². The van der Waals surface area contributed by atoms with Crippen molar-refractivity contribution in [1.29, 1.82) is 0 Å². The van der Waals surface area contributed by atoms with Crippen molar-refractivity contribution in [3.63, 3.8) is 0 Å². The fourth-order valence-electron chi connectivity index (χ4n) is 1.78. The number of hydrazine groups is 1. The van der Waals surface area contributed by atoms with E-state index in [0.717, 1.165) is 10.5 Å². The first-order valence-electron chi connectivity index (χ1n) is 7.08. The predicted molar refractivity (Wildman–Crippen MR) is 84.3 cm³/mol. The minimum atomic E-state index is -0.574. The van der Waals surface area contributed by atoms with Gasteiger partial charge in [0.1, 0.15) is 0 Å². The van der Waals surface area contributed by atoms with Crippen LogP contribution in [0.4, 0.5) is 4.79 Å². The maximum atomic E-state index is 12.3. The first kappa shape index (κ1) is 17.6. The molecule has 0 aliphatic heterocycles. The molecule has 1 radical (unpaired) electrons. The zero-order valence-electron chi connectivity index (χ0n) is 12.8. The van der Waals surface area contributed by atoms with Crippen molar-refractivity contribution in [2.75, 3.05) is 19.6 Å². The Balaban J connectivity index is 2.85. The van der Waals surface area contributed by atoms with Crippen molar-refractivity contribution in [3.05, 3.63) is 42.0 Å². The molecule has 0 bridgehead atoms. The summed E-state index contributed by atoms with van der Waals surface area (Å²) in [5, 5.41) is 1.28. The second-order valence-electron chi connectivity index (χ2n) is 4.35. The molecule has 0 spiro atoms. The summed E-state index contributed by atoms with van der Waals surface area (Å²) in [4.78, 5) is 35.9. The largest absolute Gasteiger partial charge is 0.341 e. The normalized spacial score (nSPS) is 10.5. The molecule has 0 aromatic heterocycles. The molecule has 0 saturated carbocycles. The van der Waals surface area contributed by atoms with Crippen molar-refractivity contribution in [3.8, 4) is 0 Å². The van der Waals surface area contributed by atoms with Crippen LogP contribution in [0.3, 0.4) is 0 Å². The highest BCUT2D eigenvalue weighted by molar-refractivity contribution is 6.03. The van der Waals surface area contributed by atoms with Gasteiger partial charge in [0.2, 0.25) is 6.29 Å². The SMILES string of the molecule is CCNN(CC)C(=O)N(C[C]=O)C(=O)/C=C/c1ccccc1. The second-order valence-corrected chi connectivity index (χ2v) is 4.35. The first-order valence-corrected chi connectivity index (χ1v) is 7.08. The Morgan fingerprint density at radius 2 is 1.91 bits per heavy atom. The van der Waals surface area contributed by atoms with Gasteiger partial charge in [-0.05, 0) is 18.6 Å². The van der Waals surface area contributed by atoms with E-state index in [-0.39, 0.29) is 0 Å². The van der Waals surface area contributed by atoms with Crippen molar-refractivity contribution in [2.24, 2.45) is 0 Å². The van der Waals surface area contributed by atoms with Gasteiger partial charge in [-0.2, -0.15) is 0 Å². The van der Waals surface area contributed by atoms with Crippen molar-refractivity contribution in [1.82, 2.24) is 15.3 Å². The molecule has 0 unspecified atom stereocenters. The highest BCUT2D eigenvalue weighted by Gasteiger charge is 2.23. The Morgan fingerprint density at radius 3 is 2.45 bits per heavy atom. The van der Waals surface area contributed by atoms with E-state index in [0.29, 0.717) is 13.1 Å². The van der Waals surface area contributed by atoms with Crippen LogP contribution in [0.2, 0.25) is 0 Å². The van der Waals surface area contributed by atoms with Gasteiger partial charge in [0.25, 0.3) is 5.91 Å². The van der Waals surface area contributed by atoms with Crippen LogP contribution in [0, 0.1) is 0 Å². The molecule has 6 heteroatoms. The van der Waals surface area contributed by atoms with Gasteiger partial charge < -0.3 is 0 Å². The first-order chi connectivity index (χ1) is 10.6. The van der Waals surface area contributed by atoms with E-state index in [1.807, 2.05) is 37.3 Å². The third-order valence-corrected chi connectivity index (χ3v) is 2.83. The summed E-state index contributed by atoms with van der Waals surface area (Å²) < 4.78 is 0. The molecule has 0 aliphatic rings. The summed E-state index contributed by atoms with van der Waals surface area (Å²) in [5.74, 6) is -0.562. The number of urea groups is 1. The molecule has 0 saturated heterocycles. The number of hydrogen-bond donors (Lipinski definition) is 1. The van der Waals surface area contributed by atoms with Crippen molar-refractivity contribution >= 4 is 24.3 Å². The van der Waals surface area contributed by atoms with Crippen LogP contribution < -0.4 is 5.43 Å². The van der Waals surface area contributed by atoms with E-state index in [9.17, 15) is 14.4 Å².